The molecule has 0 radical (unpaired) electrons. The summed E-state index contributed by atoms with van der Waals surface area (Å²) in [5, 5.41) is 33.2. The van der Waals surface area contributed by atoms with E-state index in [-0.39, 0.29) is 47.1 Å². The number of aliphatic hydroxyl groups excluding tert-OH is 3. The molecule has 5 nitrogen and oxygen atoms in total. The lowest BCUT2D eigenvalue weighted by molar-refractivity contribution is -0.207. The smallest absolute Gasteiger partial charge is 0.306 e. The van der Waals surface area contributed by atoms with Gasteiger partial charge in [-0.1, -0.05) is 20.8 Å². The maximum absolute atomic E-state index is 12.1. The van der Waals surface area contributed by atoms with Crippen molar-refractivity contribution >= 4 is 5.97 Å². The summed E-state index contributed by atoms with van der Waals surface area (Å²) < 4.78 is 5.33. The van der Waals surface area contributed by atoms with E-state index in [2.05, 4.69) is 20.8 Å². The number of rotatable bonds is 5. The molecule has 0 aromatic heterocycles. The highest BCUT2D eigenvalue weighted by molar-refractivity contribution is 5.69. The first kappa shape index (κ1) is 24.5. The monoisotopic (exact) mass is 450 g/mol. The van der Waals surface area contributed by atoms with E-state index < -0.39 is 0 Å². The van der Waals surface area contributed by atoms with Crippen LogP contribution in [0.2, 0.25) is 0 Å². The number of ether oxygens (including phenoxy) is 1. The molecule has 0 aromatic rings. The van der Waals surface area contributed by atoms with Crippen molar-refractivity contribution in [3.8, 4) is 0 Å². The number of esters is 1. The van der Waals surface area contributed by atoms with Crippen molar-refractivity contribution < 1.29 is 24.9 Å². The fourth-order valence-electron chi connectivity index (χ4n) is 9.00. The Morgan fingerprint density at radius 1 is 1.00 bits per heavy atom. The Morgan fingerprint density at radius 2 is 1.72 bits per heavy atom. The van der Waals surface area contributed by atoms with Crippen molar-refractivity contribution in [2.45, 2.75) is 117 Å². The Bertz CT molecular complexity index is 694. The minimum atomic E-state index is -0.374. The lowest BCUT2D eigenvalue weighted by atomic mass is 9.43. The highest BCUT2D eigenvalue weighted by Gasteiger charge is 2.65. The lowest BCUT2D eigenvalue weighted by Crippen LogP contribution is -2.62. The van der Waals surface area contributed by atoms with Gasteiger partial charge in [0.1, 0.15) is 0 Å². The predicted octanol–water partition coefficient (Wildman–Crippen LogP) is 4.32. The quantitative estimate of drug-likeness (QED) is 0.543. The van der Waals surface area contributed by atoms with E-state index in [4.69, 9.17) is 4.74 Å². The van der Waals surface area contributed by atoms with Crippen LogP contribution in [0, 0.1) is 46.3 Å². The molecule has 3 N–H and O–H groups in total. The summed E-state index contributed by atoms with van der Waals surface area (Å²) >= 11 is 0. The Kier molecular flexibility index (Phi) is 6.77. The van der Waals surface area contributed by atoms with Crippen molar-refractivity contribution in [2.75, 3.05) is 0 Å². The largest absolute Gasteiger partial charge is 0.463 e. The third kappa shape index (κ3) is 3.94. The fourth-order valence-corrected chi connectivity index (χ4v) is 9.00. The van der Waals surface area contributed by atoms with Crippen molar-refractivity contribution in [3.05, 3.63) is 0 Å². The third-order valence-electron chi connectivity index (χ3n) is 10.7. The van der Waals surface area contributed by atoms with Crippen LogP contribution in [-0.4, -0.2) is 45.7 Å². The summed E-state index contributed by atoms with van der Waals surface area (Å²) in [6.07, 6.45) is 6.50. The van der Waals surface area contributed by atoms with E-state index >= 15 is 0 Å². The second-order valence-electron chi connectivity index (χ2n) is 12.6. The number of hydrogen-bond donors (Lipinski definition) is 3. The summed E-state index contributed by atoms with van der Waals surface area (Å²) in [5.41, 5.74) is -0.101. The molecular weight excluding hydrogens is 404 g/mol. The van der Waals surface area contributed by atoms with Gasteiger partial charge in [-0.3, -0.25) is 4.79 Å². The molecular formula is C27H46O5. The zero-order valence-corrected chi connectivity index (χ0v) is 20.8. The molecule has 32 heavy (non-hydrogen) atoms. The highest BCUT2D eigenvalue weighted by atomic mass is 16.5. The Hall–Kier alpha value is -0.650. The molecule has 5 unspecified atom stereocenters. The Labute approximate surface area is 194 Å². The molecule has 4 fully saturated rings. The SMILES string of the molecule is CC(C)OC(=O)CC[C@@H](C)C1CCC2C3C(C[C@H](O)[C@@]21C)[C@@]1(C)CC[C@@H](O)CC1C[C@H]3O. The second kappa shape index (κ2) is 8.85. The lowest BCUT2D eigenvalue weighted by Gasteiger charge is -2.63. The van der Waals surface area contributed by atoms with Crippen molar-refractivity contribution in [1.82, 2.24) is 0 Å². The van der Waals surface area contributed by atoms with E-state index in [1.807, 2.05) is 13.8 Å². The minimum Gasteiger partial charge on any atom is -0.463 e. The second-order valence-corrected chi connectivity index (χ2v) is 12.6. The first-order valence-corrected chi connectivity index (χ1v) is 13.2. The Balaban J connectivity index is 1.52. The van der Waals surface area contributed by atoms with Gasteiger partial charge in [0.15, 0.2) is 0 Å². The van der Waals surface area contributed by atoms with Crippen LogP contribution in [0.5, 0.6) is 0 Å². The number of aliphatic hydroxyl groups is 3. The summed E-state index contributed by atoms with van der Waals surface area (Å²) in [5.74, 6) is 1.81. The van der Waals surface area contributed by atoms with Gasteiger partial charge >= 0.3 is 5.97 Å². The first-order chi connectivity index (χ1) is 15.0. The zero-order valence-electron chi connectivity index (χ0n) is 20.8. The van der Waals surface area contributed by atoms with Gasteiger partial charge in [0.2, 0.25) is 0 Å². The topological polar surface area (TPSA) is 87.0 Å². The molecule has 4 aliphatic rings. The number of fused-ring (bicyclic) bond motifs is 5. The van der Waals surface area contributed by atoms with E-state index in [0.29, 0.717) is 36.0 Å². The molecule has 0 bridgehead atoms. The standard InChI is InChI=1S/C27H46O5/c1-15(2)32-24(31)9-6-16(3)19-7-8-20-25-21(14-23(30)27(19,20)5)26(4)11-10-18(28)12-17(26)13-22(25)29/h15-23,25,28-30H,6-14H2,1-5H3/t16-,17?,18-,19?,20?,21?,22-,23+,25?,26+,27-/m1/s1. The number of carbonyl (C=O) groups excluding carboxylic acids is 1. The molecule has 0 amide bonds. The summed E-state index contributed by atoms with van der Waals surface area (Å²) in [6.45, 7) is 10.6. The Morgan fingerprint density at radius 3 is 2.41 bits per heavy atom. The van der Waals surface area contributed by atoms with Crippen LogP contribution in [-0.2, 0) is 9.53 Å². The molecule has 11 atom stereocenters. The van der Waals surface area contributed by atoms with Crippen molar-refractivity contribution in [1.29, 1.82) is 0 Å². The van der Waals surface area contributed by atoms with E-state index in [9.17, 15) is 20.1 Å². The van der Waals surface area contributed by atoms with Gasteiger partial charge in [-0.15, -0.1) is 0 Å². The van der Waals surface area contributed by atoms with Crippen LogP contribution in [0.4, 0.5) is 0 Å². The fraction of sp³-hybridized carbons (Fsp3) is 0.963. The van der Waals surface area contributed by atoms with Gasteiger partial charge in [0.25, 0.3) is 0 Å². The van der Waals surface area contributed by atoms with Crippen LogP contribution >= 0.6 is 0 Å². The van der Waals surface area contributed by atoms with Gasteiger partial charge in [0.05, 0.1) is 24.4 Å². The molecule has 0 saturated heterocycles. The van der Waals surface area contributed by atoms with Gasteiger partial charge in [-0.2, -0.15) is 0 Å². The molecule has 5 heteroatoms. The summed E-state index contributed by atoms with van der Waals surface area (Å²) in [4.78, 5) is 12.1. The maximum Gasteiger partial charge on any atom is 0.306 e. The molecule has 0 heterocycles. The molecule has 184 valence electrons. The van der Waals surface area contributed by atoms with Crippen LogP contribution < -0.4 is 0 Å². The molecule has 4 aliphatic carbocycles. The van der Waals surface area contributed by atoms with Gasteiger partial charge < -0.3 is 20.1 Å². The van der Waals surface area contributed by atoms with E-state index in [1.54, 1.807) is 0 Å². The average Bonchev–Trinajstić information content (AvgIpc) is 3.06. The molecule has 0 aliphatic heterocycles. The number of carbonyl (C=O) groups is 1. The van der Waals surface area contributed by atoms with E-state index in [0.717, 1.165) is 51.4 Å². The van der Waals surface area contributed by atoms with Crippen molar-refractivity contribution in [2.24, 2.45) is 46.3 Å². The highest BCUT2D eigenvalue weighted by Crippen LogP contribution is 2.68. The van der Waals surface area contributed by atoms with Gasteiger partial charge in [-0.05, 0) is 112 Å². The molecule has 4 saturated carbocycles. The number of hydrogen-bond acceptors (Lipinski definition) is 5. The van der Waals surface area contributed by atoms with Crippen LogP contribution in [0.15, 0.2) is 0 Å². The minimum absolute atomic E-state index is 0.0813. The summed E-state index contributed by atoms with van der Waals surface area (Å²) in [6, 6.07) is 0. The van der Waals surface area contributed by atoms with E-state index in [1.165, 1.54) is 0 Å². The summed E-state index contributed by atoms with van der Waals surface area (Å²) in [7, 11) is 0. The van der Waals surface area contributed by atoms with Crippen molar-refractivity contribution in [3.63, 3.8) is 0 Å². The molecule has 0 aromatic carbocycles. The molecule has 0 spiro atoms. The third-order valence-corrected chi connectivity index (χ3v) is 10.7. The van der Waals surface area contributed by atoms with Crippen LogP contribution in [0.25, 0.3) is 0 Å². The first-order valence-electron chi connectivity index (χ1n) is 13.2. The zero-order chi connectivity index (χ0) is 23.4. The van der Waals surface area contributed by atoms with Gasteiger partial charge in [0, 0.05) is 6.42 Å². The maximum atomic E-state index is 12.1. The predicted molar refractivity (Wildman–Crippen MR) is 124 cm³/mol. The normalized spacial score (nSPS) is 49.2. The van der Waals surface area contributed by atoms with Gasteiger partial charge in [-0.25, -0.2) is 0 Å². The van der Waals surface area contributed by atoms with Crippen LogP contribution in [0.1, 0.15) is 92.4 Å². The van der Waals surface area contributed by atoms with Crippen LogP contribution in [0.3, 0.4) is 0 Å². The molecule has 4 rings (SSSR count). The average molecular weight is 451 g/mol.